The molecule has 144 valence electrons. The maximum atomic E-state index is 12.2. The molecule has 1 aromatic heterocycles. The summed E-state index contributed by atoms with van der Waals surface area (Å²) in [5.74, 6) is 0.536. The Bertz CT molecular complexity index is 1040. The lowest BCUT2D eigenvalue weighted by Crippen LogP contribution is -2.17. The summed E-state index contributed by atoms with van der Waals surface area (Å²) < 4.78 is 0. The highest BCUT2D eigenvalue weighted by molar-refractivity contribution is 6.02. The van der Waals surface area contributed by atoms with E-state index in [-0.39, 0.29) is 17.2 Å². The van der Waals surface area contributed by atoms with E-state index in [1.54, 1.807) is 37.4 Å². The molecule has 3 N–H and O–H groups in total. The predicted molar refractivity (Wildman–Crippen MR) is 112 cm³/mol. The first-order chi connectivity index (χ1) is 13.3. The zero-order chi connectivity index (χ0) is 20.3. The van der Waals surface area contributed by atoms with Gasteiger partial charge in [-0.25, -0.2) is 4.98 Å². The molecule has 0 saturated carbocycles. The Kier molecular flexibility index (Phi) is 5.31. The van der Waals surface area contributed by atoms with Gasteiger partial charge in [-0.2, -0.15) is 0 Å². The van der Waals surface area contributed by atoms with E-state index in [1.165, 1.54) is 6.08 Å². The molecule has 0 atom stereocenters. The van der Waals surface area contributed by atoms with Crippen LogP contribution in [-0.2, 0) is 10.2 Å². The van der Waals surface area contributed by atoms with Crippen molar-refractivity contribution in [1.29, 1.82) is 0 Å². The third-order valence-corrected chi connectivity index (χ3v) is 4.29. The van der Waals surface area contributed by atoms with Gasteiger partial charge in [0.05, 0.1) is 11.0 Å². The molecule has 3 aromatic rings. The van der Waals surface area contributed by atoms with Crippen LogP contribution in [0.25, 0.3) is 17.1 Å². The van der Waals surface area contributed by atoms with Crippen LogP contribution in [0.3, 0.4) is 0 Å². The lowest BCUT2D eigenvalue weighted by molar-refractivity contribution is -0.111. The van der Waals surface area contributed by atoms with Crippen molar-refractivity contribution in [3.8, 4) is 0 Å². The molecule has 6 nitrogen and oxygen atoms in total. The van der Waals surface area contributed by atoms with Crippen molar-refractivity contribution < 1.29 is 9.59 Å². The minimum Gasteiger partial charge on any atom is -0.355 e. The van der Waals surface area contributed by atoms with Gasteiger partial charge in [0.25, 0.3) is 5.91 Å². The summed E-state index contributed by atoms with van der Waals surface area (Å²) >= 11 is 0. The number of carbonyl (C=O) groups is 2. The van der Waals surface area contributed by atoms with Crippen LogP contribution in [-0.4, -0.2) is 28.8 Å². The van der Waals surface area contributed by atoms with Crippen LogP contribution in [0, 0.1) is 0 Å². The SMILES string of the molecule is CNC(=O)c1ccc(C=CC(=O)Nc2ccc3nc(C(C)(C)C)[nH]c3c2)cc1. The summed E-state index contributed by atoms with van der Waals surface area (Å²) in [4.78, 5) is 31.7. The fourth-order valence-corrected chi connectivity index (χ4v) is 2.69. The largest absolute Gasteiger partial charge is 0.355 e. The maximum Gasteiger partial charge on any atom is 0.251 e. The molecule has 0 aliphatic heterocycles. The number of imidazole rings is 1. The van der Waals surface area contributed by atoms with Crippen LogP contribution in [0.1, 0.15) is 42.5 Å². The topological polar surface area (TPSA) is 86.9 Å². The highest BCUT2D eigenvalue weighted by atomic mass is 16.2. The number of aromatic nitrogens is 2. The van der Waals surface area contributed by atoms with Crippen molar-refractivity contribution in [1.82, 2.24) is 15.3 Å². The van der Waals surface area contributed by atoms with Crippen molar-refractivity contribution in [2.45, 2.75) is 26.2 Å². The monoisotopic (exact) mass is 376 g/mol. The summed E-state index contributed by atoms with van der Waals surface area (Å²) in [5.41, 5.74) is 3.79. The molecule has 0 unspecified atom stereocenters. The molecule has 6 heteroatoms. The molecule has 0 saturated heterocycles. The van der Waals surface area contributed by atoms with E-state index in [0.717, 1.165) is 22.4 Å². The van der Waals surface area contributed by atoms with E-state index in [2.05, 4.69) is 41.4 Å². The summed E-state index contributed by atoms with van der Waals surface area (Å²) in [6, 6.07) is 12.6. The number of benzene rings is 2. The minimum absolute atomic E-state index is 0.0709. The summed E-state index contributed by atoms with van der Waals surface area (Å²) in [5, 5.41) is 5.43. The van der Waals surface area contributed by atoms with Crippen molar-refractivity contribution in [3.63, 3.8) is 0 Å². The molecule has 3 rings (SSSR count). The first-order valence-electron chi connectivity index (χ1n) is 9.08. The Morgan fingerprint density at radius 3 is 2.43 bits per heavy atom. The summed E-state index contributed by atoms with van der Waals surface area (Å²) in [6.07, 6.45) is 3.17. The second-order valence-corrected chi connectivity index (χ2v) is 7.59. The third-order valence-electron chi connectivity index (χ3n) is 4.29. The number of amides is 2. The Morgan fingerprint density at radius 1 is 1.07 bits per heavy atom. The molecule has 1 heterocycles. The van der Waals surface area contributed by atoms with Gasteiger partial charge in [-0.1, -0.05) is 32.9 Å². The zero-order valence-electron chi connectivity index (χ0n) is 16.5. The van der Waals surface area contributed by atoms with E-state index < -0.39 is 0 Å². The third kappa shape index (κ3) is 4.46. The standard InChI is InChI=1S/C22H24N4O2/c1-22(2,3)21-25-17-11-10-16(13-18(17)26-21)24-19(27)12-7-14-5-8-15(9-6-14)20(28)23-4/h5-13H,1-4H3,(H,23,28)(H,24,27)(H,25,26). The minimum atomic E-state index is -0.231. The van der Waals surface area contributed by atoms with Crippen LogP contribution in [0.4, 0.5) is 5.69 Å². The summed E-state index contributed by atoms with van der Waals surface area (Å²) in [7, 11) is 1.59. The van der Waals surface area contributed by atoms with Crippen LogP contribution >= 0.6 is 0 Å². The van der Waals surface area contributed by atoms with Crippen molar-refractivity contribution >= 4 is 34.6 Å². The number of hydrogen-bond acceptors (Lipinski definition) is 3. The normalized spacial score (nSPS) is 11.7. The molecule has 0 aliphatic rings. The first-order valence-corrected chi connectivity index (χ1v) is 9.08. The molecule has 28 heavy (non-hydrogen) atoms. The highest BCUT2D eigenvalue weighted by Crippen LogP contribution is 2.24. The van der Waals surface area contributed by atoms with Gasteiger partial charge in [0.1, 0.15) is 5.82 Å². The molecular formula is C22H24N4O2. The predicted octanol–water partition coefficient (Wildman–Crippen LogP) is 3.87. The summed E-state index contributed by atoms with van der Waals surface area (Å²) in [6.45, 7) is 6.29. The van der Waals surface area contributed by atoms with E-state index in [9.17, 15) is 9.59 Å². The average molecular weight is 376 g/mol. The van der Waals surface area contributed by atoms with Gasteiger partial charge >= 0.3 is 0 Å². The van der Waals surface area contributed by atoms with Gasteiger partial charge < -0.3 is 15.6 Å². The Labute approximate surface area is 164 Å². The van der Waals surface area contributed by atoms with E-state index in [0.29, 0.717) is 11.3 Å². The van der Waals surface area contributed by atoms with E-state index >= 15 is 0 Å². The smallest absolute Gasteiger partial charge is 0.251 e. The molecule has 2 amide bonds. The zero-order valence-corrected chi connectivity index (χ0v) is 16.5. The van der Waals surface area contributed by atoms with E-state index in [4.69, 9.17) is 0 Å². The fourth-order valence-electron chi connectivity index (χ4n) is 2.69. The number of hydrogen-bond donors (Lipinski definition) is 3. The number of carbonyl (C=O) groups excluding carboxylic acids is 2. The Hall–Kier alpha value is -3.41. The van der Waals surface area contributed by atoms with Crippen molar-refractivity contribution in [2.24, 2.45) is 0 Å². The number of fused-ring (bicyclic) bond motifs is 1. The Balaban J connectivity index is 1.68. The van der Waals surface area contributed by atoms with Gasteiger partial charge in [-0.15, -0.1) is 0 Å². The van der Waals surface area contributed by atoms with Crippen molar-refractivity contribution in [2.75, 3.05) is 12.4 Å². The molecule has 0 spiro atoms. The second-order valence-electron chi connectivity index (χ2n) is 7.59. The quantitative estimate of drug-likeness (QED) is 0.604. The lowest BCUT2D eigenvalue weighted by atomic mass is 9.96. The second kappa shape index (κ2) is 7.68. The number of aromatic amines is 1. The van der Waals surface area contributed by atoms with Gasteiger partial charge in [0.2, 0.25) is 5.91 Å². The highest BCUT2D eigenvalue weighted by Gasteiger charge is 2.18. The van der Waals surface area contributed by atoms with Crippen LogP contribution in [0.5, 0.6) is 0 Å². The molecule has 0 bridgehead atoms. The van der Waals surface area contributed by atoms with Crippen LogP contribution < -0.4 is 10.6 Å². The van der Waals surface area contributed by atoms with Gasteiger partial charge in [-0.3, -0.25) is 9.59 Å². The first kappa shape index (κ1) is 19.4. The number of anilines is 1. The Morgan fingerprint density at radius 2 is 1.79 bits per heavy atom. The molecule has 0 radical (unpaired) electrons. The van der Waals surface area contributed by atoms with Gasteiger partial charge in [0.15, 0.2) is 0 Å². The number of nitrogens with one attached hydrogen (secondary N) is 3. The van der Waals surface area contributed by atoms with Gasteiger partial charge in [0, 0.05) is 29.8 Å². The number of nitrogens with zero attached hydrogens (tertiary/aromatic N) is 1. The van der Waals surface area contributed by atoms with E-state index in [1.807, 2.05) is 18.2 Å². The fraction of sp³-hybridized carbons (Fsp3) is 0.227. The lowest BCUT2D eigenvalue weighted by Gasteiger charge is -2.13. The van der Waals surface area contributed by atoms with Gasteiger partial charge in [-0.05, 0) is 42.0 Å². The molecule has 0 fully saturated rings. The molecule has 0 aliphatic carbocycles. The maximum absolute atomic E-state index is 12.2. The average Bonchev–Trinajstić information content (AvgIpc) is 3.10. The van der Waals surface area contributed by atoms with Crippen LogP contribution in [0.15, 0.2) is 48.5 Å². The number of H-pyrrole nitrogens is 1. The molecule has 2 aromatic carbocycles. The van der Waals surface area contributed by atoms with Crippen molar-refractivity contribution in [3.05, 3.63) is 65.5 Å². The molecular weight excluding hydrogens is 352 g/mol. The van der Waals surface area contributed by atoms with Crippen LogP contribution in [0.2, 0.25) is 0 Å². The number of rotatable bonds is 4.